The average molecular weight is 506 g/mol. The van der Waals surface area contributed by atoms with E-state index in [-0.39, 0.29) is 29.2 Å². The maximum atomic E-state index is 12.4. The lowest BCUT2D eigenvalue weighted by atomic mass is 9.99. The summed E-state index contributed by atoms with van der Waals surface area (Å²) >= 11 is -2.39. The molecular formula is C25H33N2O7S-. The molecule has 0 bridgehead atoms. The molecule has 0 aliphatic carbocycles. The molecule has 1 aliphatic rings. The molecule has 2 aromatic rings. The Kier molecular flexibility index (Phi) is 10.5. The van der Waals surface area contributed by atoms with Gasteiger partial charge in [0.15, 0.2) is 0 Å². The molecule has 0 saturated carbocycles. The van der Waals surface area contributed by atoms with E-state index in [4.69, 9.17) is 9.47 Å². The Labute approximate surface area is 208 Å². The molecule has 1 fully saturated rings. The number of benzene rings is 2. The van der Waals surface area contributed by atoms with E-state index in [1.54, 1.807) is 0 Å². The monoisotopic (exact) mass is 505 g/mol. The number of aromatic hydroxyl groups is 1. The van der Waals surface area contributed by atoms with E-state index in [0.717, 1.165) is 5.56 Å². The van der Waals surface area contributed by atoms with Crippen LogP contribution in [-0.4, -0.2) is 69.6 Å². The Morgan fingerprint density at radius 2 is 2.00 bits per heavy atom. The third kappa shape index (κ3) is 8.90. The minimum Gasteiger partial charge on any atom is -0.768 e. The Hall–Kier alpha value is -2.50. The van der Waals surface area contributed by atoms with Crippen molar-refractivity contribution < 1.29 is 33.2 Å². The van der Waals surface area contributed by atoms with Crippen LogP contribution < -0.4 is 10.6 Å². The van der Waals surface area contributed by atoms with Gasteiger partial charge in [-0.25, -0.2) is 4.79 Å². The van der Waals surface area contributed by atoms with Crippen LogP contribution in [0.2, 0.25) is 0 Å². The third-order valence-corrected chi connectivity index (χ3v) is 6.62. The van der Waals surface area contributed by atoms with Gasteiger partial charge in [-0.2, -0.15) is 0 Å². The van der Waals surface area contributed by atoms with Gasteiger partial charge in [-0.15, -0.1) is 0 Å². The number of carbonyl (C=O) groups is 1. The maximum Gasteiger partial charge on any atom is 0.407 e. The topological polar surface area (TPSA) is 140 Å². The number of ether oxygens (including phenoxy) is 2. The molecule has 35 heavy (non-hydrogen) atoms. The molecule has 2 aromatic carbocycles. The molecule has 5 atom stereocenters. The van der Waals surface area contributed by atoms with Crippen LogP contribution in [0.25, 0.3) is 0 Å². The second kappa shape index (κ2) is 13.6. The fraction of sp³-hybridized carbons (Fsp3) is 0.480. The molecule has 4 N–H and O–H groups in total. The van der Waals surface area contributed by atoms with Crippen LogP contribution in [0.5, 0.6) is 5.75 Å². The van der Waals surface area contributed by atoms with Crippen LogP contribution in [0.4, 0.5) is 4.79 Å². The normalized spacial score (nSPS) is 19.0. The van der Waals surface area contributed by atoms with E-state index >= 15 is 0 Å². The van der Waals surface area contributed by atoms with Crippen molar-refractivity contribution in [3.8, 4) is 5.75 Å². The summed E-state index contributed by atoms with van der Waals surface area (Å²) in [6.07, 6.45) is -0.246. The van der Waals surface area contributed by atoms with Crippen molar-refractivity contribution in [3.63, 3.8) is 0 Å². The smallest absolute Gasteiger partial charge is 0.407 e. The molecule has 0 spiro atoms. The van der Waals surface area contributed by atoms with E-state index in [0.29, 0.717) is 44.6 Å². The molecule has 10 heteroatoms. The first-order valence-corrected chi connectivity index (χ1v) is 12.8. The molecule has 1 saturated heterocycles. The van der Waals surface area contributed by atoms with Crippen LogP contribution in [0.15, 0.2) is 53.4 Å². The SMILES string of the molecule is CC(CNCC(O)C(Cc1ccccc1)NC(=O)OC1CCOC1)Cc1cc(O)ccc1S(=O)[O-]. The molecule has 1 aliphatic heterocycles. The summed E-state index contributed by atoms with van der Waals surface area (Å²) in [5.74, 6) is 0.0369. The van der Waals surface area contributed by atoms with Crippen molar-refractivity contribution >= 4 is 17.2 Å². The summed E-state index contributed by atoms with van der Waals surface area (Å²) in [5.41, 5.74) is 1.51. The van der Waals surface area contributed by atoms with E-state index in [9.17, 15) is 23.8 Å². The second-order valence-corrected chi connectivity index (χ2v) is 9.80. The van der Waals surface area contributed by atoms with Gasteiger partial charge in [-0.3, -0.25) is 4.21 Å². The number of hydrogen-bond acceptors (Lipinski definition) is 8. The minimum atomic E-state index is -2.39. The van der Waals surface area contributed by atoms with Crippen LogP contribution in [0.1, 0.15) is 24.5 Å². The van der Waals surface area contributed by atoms with Gasteiger partial charge < -0.3 is 34.9 Å². The number of aliphatic hydroxyl groups is 1. The summed E-state index contributed by atoms with van der Waals surface area (Å²) in [7, 11) is 0. The van der Waals surface area contributed by atoms with Crippen molar-refractivity contribution in [1.29, 1.82) is 0 Å². The third-order valence-electron chi connectivity index (χ3n) is 5.87. The lowest BCUT2D eigenvalue weighted by molar-refractivity contribution is 0.0688. The Morgan fingerprint density at radius 3 is 2.69 bits per heavy atom. The van der Waals surface area contributed by atoms with E-state index in [2.05, 4.69) is 10.6 Å². The number of hydrogen-bond donors (Lipinski definition) is 4. The fourth-order valence-corrected chi connectivity index (χ4v) is 4.58. The summed E-state index contributed by atoms with van der Waals surface area (Å²) in [6.45, 7) is 3.60. The van der Waals surface area contributed by atoms with Crippen molar-refractivity contribution in [2.75, 3.05) is 26.3 Å². The zero-order valence-corrected chi connectivity index (χ0v) is 20.5. The first kappa shape index (κ1) is 27.1. The minimum absolute atomic E-state index is 0.00987. The van der Waals surface area contributed by atoms with Crippen LogP contribution >= 0.6 is 0 Å². The quantitative estimate of drug-likeness (QED) is 0.321. The van der Waals surface area contributed by atoms with Gasteiger partial charge in [0.05, 0.1) is 25.4 Å². The first-order valence-electron chi connectivity index (χ1n) is 11.7. The molecular weight excluding hydrogens is 472 g/mol. The van der Waals surface area contributed by atoms with E-state index < -0.39 is 29.3 Å². The molecule has 0 radical (unpaired) electrons. The zero-order valence-electron chi connectivity index (χ0n) is 19.7. The van der Waals surface area contributed by atoms with Crippen molar-refractivity contribution in [1.82, 2.24) is 10.6 Å². The predicted octanol–water partition coefficient (Wildman–Crippen LogP) is 1.89. The van der Waals surface area contributed by atoms with E-state index in [1.807, 2.05) is 37.3 Å². The lowest BCUT2D eigenvalue weighted by Gasteiger charge is -2.26. The molecule has 192 valence electrons. The molecule has 1 amide bonds. The number of carbonyl (C=O) groups excluding carboxylic acids is 1. The number of phenolic OH excluding ortho intramolecular Hbond substituents is 1. The zero-order chi connectivity index (χ0) is 25.2. The van der Waals surface area contributed by atoms with Gasteiger partial charge >= 0.3 is 6.09 Å². The average Bonchev–Trinajstić information content (AvgIpc) is 3.32. The lowest BCUT2D eigenvalue weighted by Crippen LogP contribution is -2.49. The highest BCUT2D eigenvalue weighted by Crippen LogP contribution is 2.22. The number of amides is 1. The summed E-state index contributed by atoms with van der Waals surface area (Å²) in [5, 5.41) is 26.6. The Bertz CT molecular complexity index is 970. The van der Waals surface area contributed by atoms with Gasteiger partial charge in [-0.05, 0) is 65.7 Å². The Morgan fingerprint density at radius 1 is 1.23 bits per heavy atom. The number of rotatable bonds is 12. The fourth-order valence-electron chi connectivity index (χ4n) is 4.05. The highest BCUT2D eigenvalue weighted by molar-refractivity contribution is 7.79. The molecule has 3 rings (SSSR count). The van der Waals surface area contributed by atoms with Crippen LogP contribution in [-0.2, 0) is 33.4 Å². The highest BCUT2D eigenvalue weighted by Gasteiger charge is 2.25. The van der Waals surface area contributed by atoms with Gasteiger partial charge in [0.2, 0.25) is 0 Å². The highest BCUT2D eigenvalue weighted by atomic mass is 32.2. The van der Waals surface area contributed by atoms with Crippen molar-refractivity contribution in [2.45, 2.75) is 49.3 Å². The molecule has 5 unspecified atom stereocenters. The standard InChI is InChI=1S/C25H34N2O7S/c1-17(11-19-13-20(28)7-8-24(19)35(31)32)14-26-15-23(29)22(12-18-5-3-2-4-6-18)27-25(30)34-21-9-10-33-16-21/h2-8,13,17,21-23,26,28-29H,9-12,14-16H2,1H3,(H,27,30)(H,31,32)/p-1. The Balaban J connectivity index is 1.54. The summed E-state index contributed by atoms with van der Waals surface area (Å²) < 4.78 is 33.6. The summed E-state index contributed by atoms with van der Waals surface area (Å²) in [4.78, 5) is 12.6. The molecule has 0 aromatic heterocycles. The molecule has 1 heterocycles. The predicted molar refractivity (Wildman–Crippen MR) is 130 cm³/mol. The number of phenols is 1. The largest absolute Gasteiger partial charge is 0.768 e. The van der Waals surface area contributed by atoms with Gasteiger partial charge in [0.25, 0.3) is 0 Å². The molecule has 9 nitrogen and oxygen atoms in total. The number of alkyl carbamates (subject to hydrolysis) is 1. The van der Waals surface area contributed by atoms with Crippen LogP contribution in [0, 0.1) is 5.92 Å². The maximum absolute atomic E-state index is 12.4. The first-order chi connectivity index (χ1) is 16.8. The van der Waals surface area contributed by atoms with E-state index in [1.165, 1.54) is 18.2 Å². The van der Waals surface area contributed by atoms with Crippen LogP contribution in [0.3, 0.4) is 0 Å². The van der Waals surface area contributed by atoms with Crippen molar-refractivity contribution in [3.05, 3.63) is 59.7 Å². The van der Waals surface area contributed by atoms with Gasteiger partial charge in [0.1, 0.15) is 11.9 Å². The van der Waals surface area contributed by atoms with Gasteiger partial charge in [0, 0.05) is 17.9 Å². The number of nitrogens with one attached hydrogen (secondary N) is 2. The summed E-state index contributed by atoms with van der Waals surface area (Å²) in [6, 6.07) is 13.2. The van der Waals surface area contributed by atoms with Crippen molar-refractivity contribution in [2.24, 2.45) is 5.92 Å². The van der Waals surface area contributed by atoms with Gasteiger partial charge in [-0.1, -0.05) is 37.3 Å². The second-order valence-electron chi connectivity index (χ2n) is 8.89. The number of aliphatic hydroxyl groups excluding tert-OH is 1.